The Labute approximate surface area is 74.8 Å². The summed E-state index contributed by atoms with van der Waals surface area (Å²) in [5.74, 6) is -0.801. The maximum Gasteiger partial charge on any atom is 2.00 e. The van der Waals surface area contributed by atoms with Crippen LogP contribution in [0.15, 0.2) is 0 Å². The van der Waals surface area contributed by atoms with Crippen LogP contribution in [0.5, 0.6) is 0 Å². The van der Waals surface area contributed by atoms with E-state index in [0.717, 1.165) is 12.8 Å². The van der Waals surface area contributed by atoms with Crippen LogP contribution in [0.3, 0.4) is 0 Å². The predicted molar refractivity (Wildman–Crippen MR) is 39.7 cm³/mol. The second kappa shape index (κ2) is 6.36. The van der Waals surface area contributed by atoms with Gasteiger partial charge in [-0.05, 0) is 12.8 Å². The minimum Gasteiger partial charge on any atom is -1.00 e. The van der Waals surface area contributed by atoms with Crippen LogP contribution in [-0.2, 0) is 4.79 Å². The van der Waals surface area contributed by atoms with E-state index in [1.165, 1.54) is 0 Å². The van der Waals surface area contributed by atoms with Crippen LogP contribution >= 0.6 is 0 Å². The molecule has 0 aromatic rings. The summed E-state index contributed by atoms with van der Waals surface area (Å²) in [5.41, 5.74) is 0. The Balaban J connectivity index is -0.0000000817. The van der Waals surface area contributed by atoms with Gasteiger partial charge in [0.2, 0.25) is 0 Å². The van der Waals surface area contributed by atoms with Crippen molar-refractivity contribution in [3.63, 3.8) is 0 Å². The second-order valence-electron chi connectivity index (χ2n) is 1.85. The summed E-state index contributed by atoms with van der Waals surface area (Å²) >= 11 is 0. The van der Waals surface area contributed by atoms with Crippen LogP contribution in [0.25, 0.3) is 0 Å². The molecule has 1 N–H and O–H groups in total. The molecule has 0 aromatic carbocycles. The van der Waals surface area contributed by atoms with E-state index in [4.69, 9.17) is 5.11 Å². The van der Waals surface area contributed by atoms with E-state index in [0.29, 0.717) is 0 Å². The van der Waals surface area contributed by atoms with Crippen molar-refractivity contribution in [3.05, 3.63) is 0 Å². The molecular weight excluding hydrogens is 128 g/mol. The van der Waals surface area contributed by atoms with Gasteiger partial charge >= 0.3 is 29.0 Å². The van der Waals surface area contributed by atoms with Crippen LogP contribution < -0.4 is 0 Å². The molecule has 3 heteroatoms. The Morgan fingerprint density at radius 2 is 1.89 bits per heavy atom. The maximum absolute atomic E-state index is 10.2. The molecule has 0 amide bonds. The molecule has 0 heterocycles. The quantitative estimate of drug-likeness (QED) is 0.604. The standard InChI is InChI=1S/C6H12O2.Mg.2H/c1-3-5(4-2)6(7)8;;;/h5H,3-4H2,1-2H3,(H,7,8);;;/q;+2;2*-1. The Hall–Kier alpha value is 0.236. The molecule has 0 spiro atoms. The van der Waals surface area contributed by atoms with E-state index < -0.39 is 5.97 Å². The van der Waals surface area contributed by atoms with Crippen molar-refractivity contribution < 1.29 is 12.8 Å². The van der Waals surface area contributed by atoms with Crippen molar-refractivity contribution in [3.8, 4) is 0 Å². The molecule has 0 saturated carbocycles. The van der Waals surface area contributed by atoms with E-state index >= 15 is 0 Å². The third-order valence-electron chi connectivity index (χ3n) is 1.33. The Morgan fingerprint density at radius 3 is 1.89 bits per heavy atom. The van der Waals surface area contributed by atoms with E-state index in [2.05, 4.69) is 0 Å². The number of aliphatic carboxylic acids is 1. The fourth-order valence-electron chi connectivity index (χ4n) is 0.638. The van der Waals surface area contributed by atoms with Crippen molar-refractivity contribution in [1.29, 1.82) is 0 Å². The number of hydrogen-bond donors (Lipinski definition) is 1. The van der Waals surface area contributed by atoms with Gasteiger partial charge in [-0.15, -0.1) is 0 Å². The number of rotatable bonds is 3. The molecule has 52 valence electrons. The first kappa shape index (κ1) is 12.0. The predicted octanol–water partition coefficient (Wildman–Crippen LogP) is 1.35. The monoisotopic (exact) mass is 142 g/mol. The van der Waals surface area contributed by atoms with Crippen LogP contribution in [0.1, 0.15) is 29.5 Å². The van der Waals surface area contributed by atoms with Crippen molar-refractivity contribution in [2.24, 2.45) is 5.92 Å². The topological polar surface area (TPSA) is 37.3 Å². The summed E-state index contributed by atoms with van der Waals surface area (Å²) < 4.78 is 0. The summed E-state index contributed by atoms with van der Waals surface area (Å²) in [7, 11) is 0. The fraction of sp³-hybridized carbons (Fsp3) is 0.833. The van der Waals surface area contributed by atoms with Crippen molar-refractivity contribution in [2.45, 2.75) is 26.7 Å². The third kappa shape index (κ3) is 4.72. The first-order chi connectivity index (χ1) is 3.72. The van der Waals surface area contributed by atoms with E-state index in [-0.39, 0.29) is 31.8 Å². The molecule has 0 fully saturated rings. The van der Waals surface area contributed by atoms with Crippen molar-refractivity contribution in [1.82, 2.24) is 0 Å². The van der Waals surface area contributed by atoms with Gasteiger partial charge < -0.3 is 7.96 Å². The molecular formula is C6H14MgO2. The number of carboxylic acid groups (broad SMARTS) is 1. The summed E-state index contributed by atoms with van der Waals surface area (Å²) in [6.07, 6.45) is 1.48. The minimum absolute atomic E-state index is 0. The molecule has 0 aliphatic rings. The molecule has 0 radical (unpaired) electrons. The van der Waals surface area contributed by atoms with Gasteiger partial charge in [-0.3, -0.25) is 4.79 Å². The van der Waals surface area contributed by atoms with E-state index in [1.807, 2.05) is 13.8 Å². The second-order valence-corrected chi connectivity index (χ2v) is 1.85. The number of hydrogen-bond acceptors (Lipinski definition) is 1. The fourth-order valence-corrected chi connectivity index (χ4v) is 0.638. The third-order valence-corrected chi connectivity index (χ3v) is 1.33. The number of carbonyl (C=O) groups is 1. The van der Waals surface area contributed by atoms with Gasteiger partial charge in [0.15, 0.2) is 0 Å². The van der Waals surface area contributed by atoms with Crippen molar-refractivity contribution >= 4 is 29.0 Å². The van der Waals surface area contributed by atoms with Gasteiger partial charge in [0, 0.05) is 0 Å². The molecule has 0 bridgehead atoms. The number of carboxylic acids is 1. The molecule has 9 heavy (non-hydrogen) atoms. The normalized spacial score (nSPS) is 8.78. The largest absolute Gasteiger partial charge is 2.00 e. The van der Waals surface area contributed by atoms with Gasteiger partial charge in [0.25, 0.3) is 0 Å². The first-order valence-electron chi connectivity index (χ1n) is 2.95. The molecule has 0 rings (SSSR count). The van der Waals surface area contributed by atoms with Gasteiger partial charge in [0.05, 0.1) is 5.92 Å². The van der Waals surface area contributed by atoms with Crippen LogP contribution in [0, 0.1) is 5.92 Å². The maximum atomic E-state index is 10.2. The zero-order valence-electron chi connectivity index (χ0n) is 8.05. The summed E-state index contributed by atoms with van der Waals surface area (Å²) in [5, 5.41) is 8.37. The zero-order chi connectivity index (χ0) is 6.57. The average molecular weight is 142 g/mol. The minimum atomic E-state index is -0.671. The van der Waals surface area contributed by atoms with E-state index in [1.54, 1.807) is 0 Å². The molecule has 0 aliphatic carbocycles. The summed E-state index contributed by atoms with van der Waals surface area (Å²) in [6.45, 7) is 3.78. The zero-order valence-corrected chi connectivity index (χ0v) is 7.47. The smallest absolute Gasteiger partial charge is 1.00 e. The SMILES string of the molecule is CCC(CC)C(=O)O.[H-].[H-].[Mg+2]. The Bertz CT molecular complexity index is 86.7. The molecule has 0 aliphatic heterocycles. The van der Waals surface area contributed by atoms with Gasteiger partial charge in [0.1, 0.15) is 0 Å². The molecule has 0 atom stereocenters. The Morgan fingerprint density at radius 1 is 1.56 bits per heavy atom. The molecule has 0 unspecified atom stereocenters. The first-order valence-corrected chi connectivity index (χ1v) is 2.95. The van der Waals surface area contributed by atoms with Crippen LogP contribution in [0.4, 0.5) is 0 Å². The molecule has 2 nitrogen and oxygen atoms in total. The van der Waals surface area contributed by atoms with Crippen LogP contribution in [0.2, 0.25) is 0 Å². The molecule has 0 saturated heterocycles. The molecule has 0 aromatic heterocycles. The Kier molecular flexibility index (Phi) is 8.45. The van der Waals surface area contributed by atoms with Gasteiger partial charge in [-0.2, -0.15) is 0 Å². The summed E-state index contributed by atoms with van der Waals surface area (Å²) in [6, 6.07) is 0. The average Bonchev–Trinajstić information content (AvgIpc) is 1.69. The summed E-state index contributed by atoms with van der Waals surface area (Å²) in [4.78, 5) is 10.2. The van der Waals surface area contributed by atoms with Crippen molar-refractivity contribution in [2.75, 3.05) is 0 Å². The van der Waals surface area contributed by atoms with Gasteiger partial charge in [-0.1, -0.05) is 13.8 Å². The van der Waals surface area contributed by atoms with Crippen LogP contribution in [-0.4, -0.2) is 34.1 Å². The van der Waals surface area contributed by atoms with E-state index in [9.17, 15) is 4.79 Å². The van der Waals surface area contributed by atoms with Gasteiger partial charge in [-0.25, -0.2) is 0 Å².